The van der Waals surface area contributed by atoms with Crippen LogP contribution in [0.3, 0.4) is 0 Å². The number of nitrogens with zero attached hydrogens (tertiary/aromatic N) is 1. The highest BCUT2D eigenvalue weighted by atomic mass is 16.7. The van der Waals surface area contributed by atoms with Crippen LogP contribution in [0.5, 0.6) is 0 Å². The number of oxazole rings is 1. The zero-order valence-corrected chi connectivity index (χ0v) is 17.3. The topological polar surface area (TPSA) is 70.8 Å². The third-order valence-corrected chi connectivity index (χ3v) is 4.89. The van der Waals surface area contributed by atoms with Crippen LogP contribution in [-0.2, 0) is 20.6 Å². The van der Waals surface area contributed by atoms with Crippen molar-refractivity contribution in [1.82, 2.24) is 4.98 Å². The van der Waals surface area contributed by atoms with Crippen LogP contribution in [0.25, 0.3) is 0 Å². The molecule has 0 amide bonds. The first-order valence-electron chi connectivity index (χ1n) is 9.61. The SMILES string of the molecule is C=C/C=C/[C@@H]1C[C@H](Cc2nc(C(=O)OC)co2)O[C@H](c2c(C)cc(C)cc2C)O1. The summed E-state index contributed by atoms with van der Waals surface area (Å²) in [5.41, 5.74) is 4.65. The molecule has 1 fully saturated rings. The molecular weight excluding hydrogens is 370 g/mol. The van der Waals surface area contributed by atoms with Gasteiger partial charge in [0.05, 0.1) is 25.7 Å². The fourth-order valence-electron chi connectivity index (χ4n) is 3.69. The molecule has 1 aliphatic rings. The summed E-state index contributed by atoms with van der Waals surface area (Å²) in [6.45, 7) is 9.94. The molecule has 6 heteroatoms. The Hall–Kier alpha value is -2.70. The van der Waals surface area contributed by atoms with Crippen molar-refractivity contribution in [2.24, 2.45) is 0 Å². The average Bonchev–Trinajstić information content (AvgIpc) is 3.13. The minimum atomic E-state index is -0.525. The Morgan fingerprint density at radius 2 is 2.00 bits per heavy atom. The van der Waals surface area contributed by atoms with Crippen molar-refractivity contribution in [1.29, 1.82) is 0 Å². The number of carbonyl (C=O) groups excluding carboxylic acids is 1. The second-order valence-electron chi connectivity index (χ2n) is 7.26. The molecule has 0 saturated carbocycles. The highest BCUT2D eigenvalue weighted by Gasteiger charge is 2.32. The summed E-state index contributed by atoms with van der Waals surface area (Å²) in [7, 11) is 1.31. The molecule has 0 bridgehead atoms. The fraction of sp³-hybridized carbons (Fsp3) is 0.391. The maximum Gasteiger partial charge on any atom is 0.360 e. The van der Waals surface area contributed by atoms with Gasteiger partial charge in [0.25, 0.3) is 0 Å². The van der Waals surface area contributed by atoms with Gasteiger partial charge in [-0.1, -0.05) is 42.5 Å². The summed E-state index contributed by atoms with van der Waals surface area (Å²) in [4.78, 5) is 15.8. The molecule has 0 aliphatic carbocycles. The van der Waals surface area contributed by atoms with E-state index in [-0.39, 0.29) is 17.9 Å². The smallest absolute Gasteiger partial charge is 0.360 e. The normalized spacial score (nSPS) is 22.0. The molecule has 29 heavy (non-hydrogen) atoms. The van der Waals surface area contributed by atoms with Gasteiger partial charge in [0.1, 0.15) is 6.26 Å². The molecule has 0 N–H and O–H groups in total. The van der Waals surface area contributed by atoms with E-state index in [0.29, 0.717) is 18.7 Å². The van der Waals surface area contributed by atoms with Gasteiger partial charge in [-0.2, -0.15) is 0 Å². The van der Waals surface area contributed by atoms with Crippen molar-refractivity contribution in [3.05, 3.63) is 77.0 Å². The summed E-state index contributed by atoms with van der Waals surface area (Å²) in [5.74, 6) is -0.0941. The molecule has 3 rings (SSSR count). The third-order valence-electron chi connectivity index (χ3n) is 4.89. The molecule has 3 atom stereocenters. The Morgan fingerprint density at radius 3 is 2.66 bits per heavy atom. The summed E-state index contributed by atoms with van der Waals surface area (Å²) in [6.07, 6.45) is 7.14. The lowest BCUT2D eigenvalue weighted by Crippen LogP contribution is -2.34. The molecule has 2 heterocycles. The van der Waals surface area contributed by atoms with Crippen LogP contribution in [0.1, 0.15) is 51.3 Å². The summed E-state index contributed by atoms with van der Waals surface area (Å²) in [5, 5.41) is 0. The van der Waals surface area contributed by atoms with Crippen molar-refractivity contribution in [3.8, 4) is 0 Å². The second-order valence-corrected chi connectivity index (χ2v) is 7.26. The van der Waals surface area contributed by atoms with Crippen LogP contribution in [0.4, 0.5) is 0 Å². The number of aryl methyl sites for hydroxylation is 3. The molecule has 154 valence electrons. The molecule has 0 unspecified atom stereocenters. The first kappa shape index (κ1) is 21.0. The van der Waals surface area contributed by atoms with Gasteiger partial charge in [0.15, 0.2) is 17.9 Å². The van der Waals surface area contributed by atoms with Crippen LogP contribution >= 0.6 is 0 Å². The Kier molecular flexibility index (Phi) is 6.67. The quantitative estimate of drug-likeness (QED) is 0.526. The molecule has 1 aromatic carbocycles. The molecule has 6 nitrogen and oxygen atoms in total. The van der Waals surface area contributed by atoms with Gasteiger partial charge in [0, 0.05) is 12.0 Å². The largest absolute Gasteiger partial charge is 0.464 e. The predicted octanol–water partition coefficient (Wildman–Crippen LogP) is 4.54. The highest BCUT2D eigenvalue weighted by molar-refractivity contribution is 5.86. The average molecular weight is 397 g/mol. The van der Waals surface area contributed by atoms with Crippen LogP contribution in [0, 0.1) is 20.8 Å². The van der Waals surface area contributed by atoms with E-state index >= 15 is 0 Å². The maximum atomic E-state index is 11.6. The standard InChI is InChI=1S/C23H27NO5/c1-6-7-8-17-11-18(12-20-24-19(13-27-20)22(25)26-5)29-23(28-17)21-15(3)9-14(2)10-16(21)4/h6-10,13,17-18,23H,1,11-12H2,2-5H3/b8-7+/t17-,18-,23-/m1/s1. The molecule has 1 saturated heterocycles. The number of hydrogen-bond acceptors (Lipinski definition) is 6. The number of benzene rings is 1. The monoisotopic (exact) mass is 397 g/mol. The zero-order valence-electron chi connectivity index (χ0n) is 17.3. The van der Waals surface area contributed by atoms with Gasteiger partial charge in [-0.05, 0) is 31.9 Å². The summed E-state index contributed by atoms with van der Waals surface area (Å²) < 4.78 is 22.6. The highest BCUT2D eigenvalue weighted by Crippen LogP contribution is 2.35. The van der Waals surface area contributed by atoms with Crippen molar-refractivity contribution in [2.45, 2.75) is 52.1 Å². The van der Waals surface area contributed by atoms with Crippen LogP contribution in [0.2, 0.25) is 0 Å². The lowest BCUT2D eigenvalue weighted by molar-refractivity contribution is -0.237. The second kappa shape index (κ2) is 9.20. The van der Waals surface area contributed by atoms with Crippen molar-refractivity contribution < 1.29 is 23.4 Å². The van der Waals surface area contributed by atoms with Gasteiger partial charge in [-0.3, -0.25) is 0 Å². The Morgan fingerprint density at radius 1 is 1.28 bits per heavy atom. The summed E-state index contributed by atoms with van der Waals surface area (Å²) >= 11 is 0. The van der Waals surface area contributed by atoms with Crippen LogP contribution in [-0.4, -0.2) is 30.3 Å². The van der Waals surface area contributed by atoms with E-state index in [1.807, 2.05) is 12.2 Å². The lowest BCUT2D eigenvalue weighted by Gasteiger charge is -2.35. The molecule has 2 aromatic rings. The minimum Gasteiger partial charge on any atom is -0.464 e. The van der Waals surface area contributed by atoms with Gasteiger partial charge in [-0.25, -0.2) is 9.78 Å². The number of allylic oxidation sites excluding steroid dienone is 2. The number of carbonyl (C=O) groups is 1. The number of rotatable bonds is 6. The molecule has 1 aromatic heterocycles. The van der Waals surface area contributed by atoms with E-state index in [9.17, 15) is 4.79 Å². The number of aromatic nitrogens is 1. The van der Waals surface area contributed by atoms with Gasteiger partial charge in [0.2, 0.25) is 0 Å². The van der Waals surface area contributed by atoms with E-state index in [4.69, 9.17) is 13.9 Å². The molecule has 0 radical (unpaired) electrons. The van der Waals surface area contributed by atoms with Crippen molar-refractivity contribution in [3.63, 3.8) is 0 Å². The minimum absolute atomic E-state index is 0.133. The number of methoxy groups -OCH3 is 1. The van der Waals surface area contributed by atoms with Crippen molar-refractivity contribution in [2.75, 3.05) is 7.11 Å². The lowest BCUT2D eigenvalue weighted by atomic mass is 9.98. The number of hydrogen-bond donors (Lipinski definition) is 0. The van der Waals surface area contributed by atoms with E-state index in [0.717, 1.165) is 16.7 Å². The first-order valence-corrected chi connectivity index (χ1v) is 9.61. The van der Waals surface area contributed by atoms with Gasteiger partial charge in [-0.15, -0.1) is 0 Å². The van der Waals surface area contributed by atoms with E-state index in [2.05, 4.69) is 49.2 Å². The predicted molar refractivity (Wildman–Crippen MR) is 109 cm³/mol. The summed E-state index contributed by atoms with van der Waals surface area (Å²) in [6, 6.07) is 4.26. The van der Waals surface area contributed by atoms with E-state index in [1.165, 1.54) is 18.9 Å². The third kappa shape index (κ3) is 5.02. The van der Waals surface area contributed by atoms with Crippen LogP contribution < -0.4 is 0 Å². The van der Waals surface area contributed by atoms with E-state index < -0.39 is 12.3 Å². The van der Waals surface area contributed by atoms with Gasteiger partial charge < -0.3 is 18.6 Å². The molecular formula is C23H27NO5. The zero-order chi connectivity index (χ0) is 21.0. The number of ether oxygens (including phenoxy) is 3. The Balaban J connectivity index is 1.84. The molecule has 0 spiro atoms. The first-order chi connectivity index (χ1) is 13.9. The van der Waals surface area contributed by atoms with Crippen molar-refractivity contribution >= 4 is 5.97 Å². The molecule has 1 aliphatic heterocycles. The van der Waals surface area contributed by atoms with E-state index in [1.54, 1.807) is 6.08 Å². The fourth-order valence-corrected chi connectivity index (χ4v) is 3.69. The van der Waals surface area contributed by atoms with Crippen LogP contribution in [0.15, 0.2) is 47.6 Å². The number of esters is 1. The Bertz CT molecular complexity index is 891. The van der Waals surface area contributed by atoms with Gasteiger partial charge >= 0.3 is 5.97 Å². The Labute approximate surface area is 171 Å². The maximum absolute atomic E-state index is 11.6.